The second kappa shape index (κ2) is 7.88. The number of hydrogen-bond donors (Lipinski definition) is 1. The van der Waals surface area contributed by atoms with Gasteiger partial charge in [0, 0.05) is 42.9 Å². The third kappa shape index (κ3) is 3.91. The maximum Gasteiger partial charge on any atom is 0.159 e. The maximum absolute atomic E-state index is 14.4. The molecule has 0 radical (unpaired) electrons. The van der Waals surface area contributed by atoms with E-state index in [2.05, 4.69) is 29.1 Å². The quantitative estimate of drug-likeness (QED) is 0.659. The van der Waals surface area contributed by atoms with Gasteiger partial charge in [0.05, 0.1) is 17.8 Å². The van der Waals surface area contributed by atoms with Crippen LogP contribution in [-0.4, -0.2) is 69.1 Å². The second-order valence-corrected chi connectivity index (χ2v) is 9.85. The lowest BCUT2D eigenvalue weighted by Crippen LogP contribution is -2.51. The number of aryl methyl sites for hydroxylation is 1. The number of β-amino-alcohol motifs (C(OH)–C–C–N with tert-alkyl or cyclic N) is 1. The summed E-state index contributed by atoms with van der Waals surface area (Å²) in [7, 11) is 1.96. The largest absolute Gasteiger partial charge is 0.389 e. The van der Waals surface area contributed by atoms with Crippen molar-refractivity contribution in [3.63, 3.8) is 0 Å². The number of anilines is 1. The molecule has 7 nitrogen and oxygen atoms in total. The Morgan fingerprint density at radius 1 is 1.06 bits per heavy atom. The summed E-state index contributed by atoms with van der Waals surface area (Å²) in [5.74, 6) is 2.82. The first-order valence-electron chi connectivity index (χ1n) is 11.8. The molecule has 1 saturated heterocycles. The Morgan fingerprint density at radius 3 is 2.61 bits per heavy atom. The fraction of sp³-hybridized carbons (Fsp3) is 0.480. The molecule has 6 rings (SSSR count). The van der Waals surface area contributed by atoms with Crippen LogP contribution in [0.3, 0.4) is 0 Å². The molecule has 1 unspecified atom stereocenters. The monoisotopic (exact) mass is 448 g/mol. The number of rotatable bonds is 4. The number of aromatic nitrogens is 4. The highest BCUT2D eigenvalue weighted by atomic mass is 19.1. The van der Waals surface area contributed by atoms with Gasteiger partial charge in [-0.1, -0.05) is 0 Å². The number of fused-ring (bicyclic) bond motifs is 1. The van der Waals surface area contributed by atoms with E-state index in [1.807, 2.05) is 28.9 Å². The molecule has 1 aliphatic carbocycles. The second-order valence-electron chi connectivity index (χ2n) is 9.85. The fourth-order valence-electron chi connectivity index (χ4n) is 4.96. The van der Waals surface area contributed by atoms with Crippen LogP contribution in [0.1, 0.15) is 48.0 Å². The lowest BCUT2D eigenvalue weighted by molar-refractivity contribution is 0.141. The maximum atomic E-state index is 14.4. The third-order valence-corrected chi connectivity index (χ3v) is 7.04. The minimum Gasteiger partial charge on any atom is -0.389 e. The van der Waals surface area contributed by atoms with Crippen molar-refractivity contribution in [3.8, 4) is 5.82 Å². The Kier molecular flexibility index (Phi) is 4.96. The lowest BCUT2D eigenvalue weighted by Gasteiger charge is -2.37. The zero-order valence-electron chi connectivity index (χ0n) is 19.1. The molecule has 1 saturated carbocycles. The van der Waals surface area contributed by atoms with Crippen molar-refractivity contribution in [3.05, 3.63) is 53.3 Å². The smallest absolute Gasteiger partial charge is 0.159 e. The summed E-state index contributed by atoms with van der Waals surface area (Å²) in [6, 6.07) is 6.26. The van der Waals surface area contributed by atoms with Gasteiger partial charge >= 0.3 is 0 Å². The molecule has 172 valence electrons. The topological polar surface area (TPSA) is 70.3 Å². The van der Waals surface area contributed by atoms with Crippen LogP contribution in [0, 0.1) is 6.92 Å². The van der Waals surface area contributed by atoms with E-state index < -0.39 is 0 Å². The Bertz CT molecular complexity index is 1240. The van der Waals surface area contributed by atoms with E-state index in [9.17, 15) is 9.50 Å². The third-order valence-electron chi connectivity index (χ3n) is 7.04. The summed E-state index contributed by atoms with van der Waals surface area (Å²) in [6.07, 6.45) is 6.46. The number of halogens is 1. The zero-order valence-corrected chi connectivity index (χ0v) is 19.1. The van der Waals surface area contributed by atoms with Gasteiger partial charge < -0.3 is 10.0 Å². The van der Waals surface area contributed by atoms with Gasteiger partial charge in [0.15, 0.2) is 5.82 Å². The molecular formula is C25H29FN6O. The molecule has 1 N–H and O–H groups in total. The molecule has 3 aromatic rings. The van der Waals surface area contributed by atoms with Gasteiger partial charge in [0.25, 0.3) is 0 Å². The van der Waals surface area contributed by atoms with Crippen molar-refractivity contribution in [2.75, 3.05) is 38.1 Å². The Labute approximate surface area is 192 Å². The van der Waals surface area contributed by atoms with E-state index in [4.69, 9.17) is 9.97 Å². The first kappa shape index (κ1) is 20.7. The summed E-state index contributed by atoms with van der Waals surface area (Å²) < 4.78 is 16.3. The van der Waals surface area contributed by atoms with Crippen molar-refractivity contribution in [2.24, 2.45) is 0 Å². The number of nitrogens with zero attached hydrogens (tertiary/aromatic N) is 6. The number of likely N-dealkylation sites (N-methyl/N-ethyl adjacent to an activating group) is 1. The molecule has 0 amide bonds. The predicted molar refractivity (Wildman–Crippen MR) is 126 cm³/mol. The van der Waals surface area contributed by atoms with Crippen molar-refractivity contribution in [2.45, 2.75) is 44.1 Å². The number of aliphatic hydroxyl groups excluding tert-OH is 1. The van der Waals surface area contributed by atoms with Crippen molar-refractivity contribution in [1.29, 1.82) is 0 Å². The SMILES string of the molecule is Cc1cc2cnn(-c3cc(N4CC(O)C4)nc(C4CC4)n3)c2cc1C1C=C(F)CN(C)CC1. The van der Waals surface area contributed by atoms with E-state index in [0.717, 1.165) is 65.3 Å². The highest BCUT2D eigenvalue weighted by molar-refractivity contribution is 5.82. The van der Waals surface area contributed by atoms with E-state index in [-0.39, 0.29) is 17.8 Å². The Hall–Kier alpha value is -2.84. The average Bonchev–Trinajstić information content (AvgIpc) is 3.56. The van der Waals surface area contributed by atoms with Crippen LogP contribution in [0.2, 0.25) is 0 Å². The van der Waals surface area contributed by atoms with Gasteiger partial charge in [-0.05, 0) is 69.1 Å². The summed E-state index contributed by atoms with van der Waals surface area (Å²) in [5, 5.41) is 15.5. The predicted octanol–water partition coefficient (Wildman–Crippen LogP) is 3.45. The highest BCUT2D eigenvalue weighted by Gasteiger charge is 2.31. The molecule has 2 aliphatic heterocycles. The summed E-state index contributed by atoms with van der Waals surface area (Å²) in [4.78, 5) is 13.8. The lowest BCUT2D eigenvalue weighted by atomic mass is 9.91. The molecule has 2 aromatic heterocycles. The van der Waals surface area contributed by atoms with E-state index >= 15 is 0 Å². The molecular weight excluding hydrogens is 419 g/mol. The molecule has 33 heavy (non-hydrogen) atoms. The fourth-order valence-corrected chi connectivity index (χ4v) is 4.96. The van der Waals surface area contributed by atoms with Crippen molar-refractivity contribution < 1.29 is 9.50 Å². The number of aliphatic hydroxyl groups is 1. The molecule has 1 aromatic carbocycles. The average molecular weight is 449 g/mol. The van der Waals surface area contributed by atoms with Crippen LogP contribution in [0.25, 0.3) is 16.7 Å². The van der Waals surface area contributed by atoms with Gasteiger partial charge in [0.1, 0.15) is 17.5 Å². The van der Waals surface area contributed by atoms with Gasteiger partial charge in [-0.15, -0.1) is 0 Å². The standard InChI is InChI=1S/C25H29FN6O/c1-15-7-18-11-27-32(22(18)9-21(15)17-5-6-30(2)12-19(26)8-17)24-10-23(31-13-20(33)14-31)28-25(29-24)16-3-4-16/h7-11,16-17,20,33H,3-6,12-14H2,1-2H3. The van der Waals surface area contributed by atoms with E-state index in [1.165, 1.54) is 0 Å². The Morgan fingerprint density at radius 2 is 1.85 bits per heavy atom. The summed E-state index contributed by atoms with van der Waals surface area (Å²) >= 11 is 0. The minimum absolute atomic E-state index is 0.0354. The summed E-state index contributed by atoms with van der Waals surface area (Å²) in [6.45, 7) is 4.51. The van der Waals surface area contributed by atoms with Crippen LogP contribution in [0.5, 0.6) is 0 Å². The number of hydrogen-bond acceptors (Lipinski definition) is 6. The molecule has 4 heterocycles. The van der Waals surface area contributed by atoms with Crippen LogP contribution >= 0.6 is 0 Å². The van der Waals surface area contributed by atoms with Crippen LogP contribution in [0.4, 0.5) is 10.2 Å². The van der Waals surface area contributed by atoms with Gasteiger partial charge in [0.2, 0.25) is 0 Å². The van der Waals surface area contributed by atoms with E-state index in [0.29, 0.717) is 25.6 Å². The summed E-state index contributed by atoms with van der Waals surface area (Å²) in [5.41, 5.74) is 3.26. The zero-order chi connectivity index (χ0) is 22.7. The normalized spacial score (nSPS) is 22.4. The first-order valence-corrected chi connectivity index (χ1v) is 11.8. The van der Waals surface area contributed by atoms with Gasteiger partial charge in [-0.2, -0.15) is 5.10 Å². The van der Waals surface area contributed by atoms with Crippen LogP contribution in [0.15, 0.2) is 36.3 Å². The van der Waals surface area contributed by atoms with Gasteiger partial charge in [-0.25, -0.2) is 19.0 Å². The van der Waals surface area contributed by atoms with Crippen LogP contribution in [-0.2, 0) is 0 Å². The number of benzene rings is 1. The highest BCUT2D eigenvalue weighted by Crippen LogP contribution is 2.39. The van der Waals surface area contributed by atoms with Crippen LogP contribution < -0.4 is 4.90 Å². The Balaban J connectivity index is 1.43. The molecule has 1 atom stereocenters. The first-order chi connectivity index (χ1) is 15.9. The van der Waals surface area contributed by atoms with Gasteiger partial charge in [-0.3, -0.25) is 4.90 Å². The molecule has 2 fully saturated rings. The van der Waals surface area contributed by atoms with E-state index in [1.54, 1.807) is 6.08 Å². The minimum atomic E-state index is -0.295. The molecule has 0 spiro atoms. The molecule has 3 aliphatic rings. The van der Waals surface area contributed by atoms with Crippen molar-refractivity contribution in [1.82, 2.24) is 24.6 Å². The molecule has 0 bridgehead atoms. The van der Waals surface area contributed by atoms with Crippen molar-refractivity contribution >= 4 is 16.7 Å². The molecule has 8 heteroatoms. The number of allylic oxidation sites excluding steroid dienone is 1.